The molecule has 0 saturated heterocycles. The van der Waals surface area contributed by atoms with Gasteiger partial charge in [-0.15, -0.1) is 0 Å². The van der Waals surface area contributed by atoms with E-state index in [1.165, 1.54) is 25.7 Å². The van der Waals surface area contributed by atoms with Crippen LogP contribution in [0.4, 0.5) is 0 Å². The fourth-order valence-corrected chi connectivity index (χ4v) is 3.49. The van der Waals surface area contributed by atoms with Crippen LogP contribution in [0.15, 0.2) is 4.52 Å². The number of rotatable bonds is 2. The minimum absolute atomic E-state index is 0.205. The molecule has 2 spiro atoms. The number of hydrogen-bond donors (Lipinski definition) is 1. The molecule has 0 bridgehead atoms. The first-order chi connectivity index (χ1) is 7.20. The summed E-state index contributed by atoms with van der Waals surface area (Å²) in [4.78, 5) is 14.6. The average molecular weight is 206 g/mol. The largest absolute Gasteiger partial charge is 0.475 e. The summed E-state index contributed by atoms with van der Waals surface area (Å²) >= 11 is 0. The van der Waals surface area contributed by atoms with Crippen molar-refractivity contribution in [3.63, 3.8) is 0 Å². The summed E-state index contributed by atoms with van der Waals surface area (Å²) in [6.45, 7) is 0. The molecule has 1 heterocycles. The fraction of sp³-hybridized carbons (Fsp3) is 0.700. The molecule has 1 aromatic rings. The number of carbonyl (C=O) groups is 1. The van der Waals surface area contributed by atoms with E-state index < -0.39 is 5.97 Å². The molecule has 3 aliphatic rings. The van der Waals surface area contributed by atoms with Gasteiger partial charge in [0.25, 0.3) is 5.82 Å². The normalized spacial score (nSPS) is 28.3. The second-order valence-corrected chi connectivity index (χ2v) is 5.01. The van der Waals surface area contributed by atoms with Gasteiger partial charge in [-0.3, -0.25) is 0 Å². The van der Waals surface area contributed by atoms with Gasteiger partial charge in [0.2, 0.25) is 5.89 Å². The quantitative estimate of drug-likeness (QED) is 0.791. The Kier molecular flexibility index (Phi) is 1.01. The predicted molar refractivity (Wildman–Crippen MR) is 47.3 cm³/mol. The maximum Gasteiger partial charge on any atom is 0.377 e. The lowest BCUT2D eigenvalue weighted by Crippen LogP contribution is -1.98. The Labute approximate surface area is 85.5 Å². The third-order valence-corrected chi connectivity index (χ3v) is 4.47. The molecule has 0 aliphatic heterocycles. The first kappa shape index (κ1) is 7.84. The second-order valence-electron chi connectivity index (χ2n) is 5.01. The van der Waals surface area contributed by atoms with Crippen LogP contribution in [-0.2, 0) is 0 Å². The van der Waals surface area contributed by atoms with Gasteiger partial charge in [0.15, 0.2) is 0 Å². The van der Waals surface area contributed by atoms with Crippen LogP contribution in [-0.4, -0.2) is 21.2 Å². The van der Waals surface area contributed by atoms with Crippen molar-refractivity contribution in [2.75, 3.05) is 0 Å². The Morgan fingerprint density at radius 1 is 1.33 bits per heavy atom. The van der Waals surface area contributed by atoms with Crippen molar-refractivity contribution in [2.24, 2.45) is 10.8 Å². The summed E-state index contributed by atoms with van der Waals surface area (Å²) in [6.07, 6.45) is 5.01. The Balaban J connectivity index is 1.71. The van der Waals surface area contributed by atoms with E-state index >= 15 is 0 Å². The van der Waals surface area contributed by atoms with Gasteiger partial charge < -0.3 is 9.63 Å². The van der Waals surface area contributed by atoms with Crippen LogP contribution in [0.25, 0.3) is 0 Å². The zero-order chi connectivity index (χ0) is 10.3. The van der Waals surface area contributed by atoms with Crippen molar-refractivity contribution < 1.29 is 14.4 Å². The van der Waals surface area contributed by atoms with Crippen LogP contribution < -0.4 is 0 Å². The van der Waals surface area contributed by atoms with Crippen molar-refractivity contribution in [1.29, 1.82) is 0 Å². The van der Waals surface area contributed by atoms with E-state index in [9.17, 15) is 4.79 Å². The minimum atomic E-state index is -1.11. The molecule has 15 heavy (non-hydrogen) atoms. The standard InChI is InChI=1S/C10H10N2O3/c13-8(14)6-11-7(15-12-6)5-9(1-2-9)10(5)3-4-10/h5H,1-4H2,(H,13,14). The molecule has 0 amide bonds. The maximum absolute atomic E-state index is 10.6. The number of fused-ring (bicyclic) bond motifs is 1. The highest BCUT2D eigenvalue weighted by atomic mass is 16.5. The fourth-order valence-electron chi connectivity index (χ4n) is 3.49. The molecule has 4 rings (SSSR count). The summed E-state index contributed by atoms with van der Waals surface area (Å²) in [5, 5.41) is 12.2. The van der Waals surface area contributed by atoms with Crippen molar-refractivity contribution in [1.82, 2.24) is 10.1 Å². The Morgan fingerprint density at radius 2 is 1.93 bits per heavy atom. The number of nitrogens with zero attached hydrogens (tertiary/aromatic N) is 2. The van der Waals surface area contributed by atoms with Gasteiger partial charge >= 0.3 is 5.97 Å². The number of aromatic nitrogens is 2. The number of carboxylic acid groups (broad SMARTS) is 1. The monoisotopic (exact) mass is 206 g/mol. The highest BCUT2D eigenvalue weighted by Crippen LogP contribution is 2.95. The van der Waals surface area contributed by atoms with Gasteiger partial charge in [-0.2, -0.15) is 4.98 Å². The van der Waals surface area contributed by atoms with Gasteiger partial charge in [0.1, 0.15) is 0 Å². The SMILES string of the molecule is O=C(O)c1noc(C2C3(CC3)C23CC3)n1. The van der Waals surface area contributed by atoms with E-state index in [2.05, 4.69) is 10.1 Å². The summed E-state index contributed by atoms with van der Waals surface area (Å²) in [7, 11) is 0. The third-order valence-electron chi connectivity index (χ3n) is 4.47. The lowest BCUT2D eigenvalue weighted by Gasteiger charge is -1.85. The van der Waals surface area contributed by atoms with E-state index in [-0.39, 0.29) is 5.82 Å². The maximum atomic E-state index is 10.6. The third kappa shape index (κ3) is 0.713. The average Bonchev–Trinajstić information content (AvgIpc) is 3.12. The second kappa shape index (κ2) is 1.94. The van der Waals surface area contributed by atoms with Crippen LogP contribution in [0.1, 0.15) is 48.1 Å². The zero-order valence-corrected chi connectivity index (χ0v) is 8.06. The molecule has 0 aromatic carbocycles. The van der Waals surface area contributed by atoms with Crippen molar-refractivity contribution in [3.05, 3.63) is 11.7 Å². The molecule has 1 aromatic heterocycles. The van der Waals surface area contributed by atoms with Crippen LogP contribution in [0.5, 0.6) is 0 Å². The smallest absolute Gasteiger partial charge is 0.377 e. The molecule has 78 valence electrons. The molecular weight excluding hydrogens is 196 g/mol. The molecule has 5 nitrogen and oxygen atoms in total. The minimum Gasteiger partial charge on any atom is -0.475 e. The number of aromatic carboxylic acids is 1. The van der Waals surface area contributed by atoms with E-state index in [0.29, 0.717) is 22.6 Å². The molecule has 3 fully saturated rings. The Hall–Kier alpha value is -1.39. The van der Waals surface area contributed by atoms with Gasteiger partial charge in [0, 0.05) is 0 Å². The van der Waals surface area contributed by atoms with E-state index in [0.717, 1.165) is 0 Å². The topological polar surface area (TPSA) is 76.2 Å². The van der Waals surface area contributed by atoms with E-state index in [1.807, 2.05) is 0 Å². The molecule has 3 saturated carbocycles. The molecule has 1 N–H and O–H groups in total. The summed E-state index contributed by atoms with van der Waals surface area (Å²) in [6, 6.07) is 0. The van der Waals surface area contributed by atoms with Crippen LogP contribution in [0.3, 0.4) is 0 Å². The van der Waals surface area contributed by atoms with Crippen molar-refractivity contribution >= 4 is 5.97 Å². The van der Waals surface area contributed by atoms with Gasteiger partial charge in [0.05, 0.1) is 5.92 Å². The molecule has 5 heteroatoms. The molecule has 0 unspecified atom stereocenters. The lowest BCUT2D eigenvalue weighted by molar-refractivity contribution is 0.0680. The molecule has 3 aliphatic carbocycles. The Morgan fingerprint density at radius 3 is 2.33 bits per heavy atom. The number of hydrogen-bond acceptors (Lipinski definition) is 4. The van der Waals surface area contributed by atoms with Gasteiger partial charge in [-0.25, -0.2) is 4.79 Å². The van der Waals surface area contributed by atoms with Crippen LogP contribution >= 0.6 is 0 Å². The predicted octanol–water partition coefficient (Wildman–Crippen LogP) is 1.43. The van der Waals surface area contributed by atoms with E-state index in [1.54, 1.807) is 0 Å². The van der Waals surface area contributed by atoms with Crippen molar-refractivity contribution in [3.8, 4) is 0 Å². The number of carboxylic acids is 1. The van der Waals surface area contributed by atoms with Gasteiger partial charge in [-0.1, -0.05) is 0 Å². The first-order valence-electron chi connectivity index (χ1n) is 5.27. The highest BCUT2D eigenvalue weighted by Gasteiger charge is 2.88. The Bertz CT molecular complexity index is 453. The summed E-state index contributed by atoms with van der Waals surface area (Å²) in [5.74, 6) is -0.392. The van der Waals surface area contributed by atoms with Crippen LogP contribution in [0.2, 0.25) is 0 Å². The van der Waals surface area contributed by atoms with Crippen LogP contribution in [0, 0.1) is 10.8 Å². The molecule has 0 radical (unpaired) electrons. The van der Waals surface area contributed by atoms with Crippen molar-refractivity contribution in [2.45, 2.75) is 31.6 Å². The van der Waals surface area contributed by atoms with E-state index in [4.69, 9.17) is 9.63 Å². The molecule has 0 atom stereocenters. The van der Waals surface area contributed by atoms with Gasteiger partial charge in [-0.05, 0) is 41.7 Å². The molecular formula is C10H10N2O3. The summed E-state index contributed by atoms with van der Waals surface area (Å²) < 4.78 is 5.06. The highest BCUT2D eigenvalue weighted by molar-refractivity contribution is 5.82. The first-order valence-corrected chi connectivity index (χ1v) is 5.27. The zero-order valence-electron chi connectivity index (χ0n) is 8.06. The summed E-state index contributed by atoms with van der Waals surface area (Å²) in [5.41, 5.74) is 0.880. The lowest BCUT2D eigenvalue weighted by atomic mass is 10.3.